The number of nitrogens with one attached hydrogen (secondary N) is 1. The van der Waals surface area contributed by atoms with Crippen LogP contribution in [0.2, 0.25) is 0 Å². The van der Waals surface area contributed by atoms with E-state index >= 15 is 0 Å². The maximum absolute atomic E-state index is 5.94. The number of rotatable bonds is 2. The smallest absolute Gasteiger partial charge is 0.149 e. The van der Waals surface area contributed by atoms with E-state index in [1.807, 2.05) is 19.2 Å². The van der Waals surface area contributed by atoms with E-state index in [1.54, 1.807) is 0 Å². The van der Waals surface area contributed by atoms with Gasteiger partial charge in [-0.3, -0.25) is 0 Å². The normalized spacial score (nSPS) is 25.4. The predicted molar refractivity (Wildman–Crippen MR) is 68.4 cm³/mol. The minimum Gasteiger partial charge on any atom is -0.396 e. The van der Waals surface area contributed by atoms with Gasteiger partial charge in [-0.15, -0.1) is 0 Å². The van der Waals surface area contributed by atoms with E-state index < -0.39 is 0 Å². The molecule has 1 aliphatic rings. The van der Waals surface area contributed by atoms with Gasteiger partial charge in [0.15, 0.2) is 0 Å². The van der Waals surface area contributed by atoms with Gasteiger partial charge in [-0.25, -0.2) is 4.98 Å². The zero-order valence-corrected chi connectivity index (χ0v) is 10.2. The Hall–Kier alpha value is -1.25. The summed E-state index contributed by atoms with van der Waals surface area (Å²) in [6, 6.07) is 2.52. The van der Waals surface area contributed by atoms with E-state index in [1.165, 1.54) is 25.7 Å². The van der Waals surface area contributed by atoms with Crippen LogP contribution in [0.15, 0.2) is 12.3 Å². The third-order valence-electron chi connectivity index (χ3n) is 3.41. The Morgan fingerprint density at radius 3 is 2.62 bits per heavy atom. The highest BCUT2D eigenvalue weighted by molar-refractivity contribution is 5.62. The van der Waals surface area contributed by atoms with Crippen molar-refractivity contribution in [3.8, 4) is 0 Å². The molecule has 0 amide bonds. The van der Waals surface area contributed by atoms with Crippen LogP contribution in [0.4, 0.5) is 11.5 Å². The SMILES string of the molecule is Cc1cnc(NC2CCC(C)CC2)c(N)c1. The average Bonchev–Trinajstić information content (AvgIpc) is 2.25. The van der Waals surface area contributed by atoms with E-state index in [4.69, 9.17) is 5.73 Å². The summed E-state index contributed by atoms with van der Waals surface area (Å²) in [5.41, 5.74) is 7.81. The molecule has 0 saturated heterocycles. The maximum atomic E-state index is 5.94. The molecule has 0 radical (unpaired) electrons. The van der Waals surface area contributed by atoms with Crippen molar-refractivity contribution >= 4 is 11.5 Å². The summed E-state index contributed by atoms with van der Waals surface area (Å²) in [6.45, 7) is 4.34. The van der Waals surface area contributed by atoms with E-state index in [0.29, 0.717) is 6.04 Å². The number of nitrogens with zero attached hydrogens (tertiary/aromatic N) is 1. The van der Waals surface area contributed by atoms with Crippen LogP contribution in [0, 0.1) is 12.8 Å². The Bertz CT molecular complexity index is 354. The molecule has 16 heavy (non-hydrogen) atoms. The lowest BCUT2D eigenvalue weighted by Crippen LogP contribution is -2.26. The Balaban J connectivity index is 1.98. The van der Waals surface area contributed by atoms with E-state index in [9.17, 15) is 0 Å². The fraction of sp³-hybridized carbons (Fsp3) is 0.615. The molecule has 1 aliphatic carbocycles. The van der Waals surface area contributed by atoms with Gasteiger partial charge in [0.25, 0.3) is 0 Å². The summed E-state index contributed by atoms with van der Waals surface area (Å²) in [4.78, 5) is 4.35. The van der Waals surface area contributed by atoms with Gasteiger partial charge in [0.1, 0.15) is 5.82 Å². The highest BCUT2D eigenvalue weighted by atomic mass is 15.0. The third kappa shape index (κ3) is 2.65. The maximum Gasteiger partial charge on any atom is 0.149 e. The quantitative estimate of drug-likeness (QED) is 0.804. The fourth-order valence-electron chi connectivity index (χ4n) is 2.31. The van der Waals surface area contributed by atoms with E-state index in [-0.39, 0.29) is 0 Å². The van der Waals surface area contributed by atoms with Gasteiger partial charge in [-0.1, -0.05) is 6.92 Å². The monoisotopic (exact) mass is 219 g/mol. The molecule has 3 nitrogen and oxygen atoms in total. The van der Waals surface area contributed by atoms with Crippen molar-refractivity contribution in [2.75, 3.05) is 11.1 Å². The fourth-order valence-corrected chi connectivity index (χ4v) is 2.31. The van der Waals surface area contributed by atoms with Crippen LogP contribution in [0.25, 0.3) is 0 Å². The summed E-state index contributed by atoms with van der Waals surface area (Å²) >= 11 is 0. The number of aryl methyl sites for hydroxylation is 1. The predicted octanol–water partition coefficient (Wildman–Crippen LogP) is 2.96. The van der Waals surface area contributed by atoms with Crippen LogP contribution in [-0.2, 0) is 0 Å². The van der Waals surface area contributed by atoms with Crippen LogP contribution < -0.4 is 11.1 Å². The summed E-state index contributed by atoms with van der Waals surface area (Å²) < 4.78 is 0. The largest absolute Gasteiger partial charge is 0.396 e. The third-order valence-corrected chi connectivity index (χ3v) is 3.41. The van der Waals surface area contributed by atoms with E-state index in [2.05, 4.69) is 17.2 Å². The Morgan fingerprint density at radius 1 is 1.31 bits per heavy atom. The second-order valence-corrected chi connectivity index (χ2v) is 5.05. The highest BCUT2D eigenvalue weighted by Gasteiger charge is 2.18. The van der Waals surface area contributed by atoms with Crippen LogP contribution in [0.3, 0.4) is 0 Å². The minimum absolute atomic E-state index is 0.550. The molecule has 0 atom stereocenters. The van der Waals surface area contributed by atoms with Crippen molar-refractivity contribution in [3.63, 3.8) is 0 Å². The summed E-state index contributed by atoms with van der Waals surface area (Å²) in [5, 5.41) is 3.46. The van der Waals surface area contributed by atoms with Crippen molar-refractivity contribution in [2.45, 2.75) is 45.6 Å². The van der Waals surface area contributed by atoms with Crippen molar-refractivity contribution in [1.82, 2.24) is 4.98 Å². The molecule has 3 N–H and O–H groups in total. The molecule has 88 valence electrons. The summed E-state index contributed by atoms with van der Waals surface area (Å²) in [5.74, 6) is 1.73. The first-order valence-corrected chi connectivity index (χ1v) is 6.14. The zero-order valence-electron chi connectivity index (χ0n) is 10.2. The molecule has 0 unspecified atom stereocenters. The zero-order chi connectivity index (χ0) is 11.5. The molecule has 1 aromatic rings. The summed E-state index contributed by atoms with van der Waals surface area (Å²) in [6.07, 6.45) is 6.95. The molecule has 1 saturated carbocycles. The van der Waals surface area contributed by atoms with Gasteiger partial charge in [-0.05, 0) is 50.2 Å². The number of nitrogens with two attached hydrogens (primary N) is 1. The Morgan fingerprint density at radius 2 is 2.00 bits per heavy atom. The van der Waals surface area contributed by atoms with Crippen molar-refractivity contribution < 1.29 is 0 Å². The number of aromatic nitrogens is 1. The van der Waals surface area contributed by atoms with Gasteiger partial charge in [-0.2, -0.15) is 0 Å². The molecular formula is C13H21N3. The lowest BCUT2D eigenvalue weighted by atomic mass is 9.87. The number of nitrogen functional groups attached to an aromatic ring is 1. The van der Waals surface area contributed by atoms with Crippen LogP contribution in [-0.4, -0.2) is 11.0 Å². The van der Waals surface area contributed by atoms with Crippen LogP contribution in [0.1, 0.15) is 38.2 Å². The molecule has 1 aromatic heterocycles. The molecular weight excluding hydrogens is 198 g/mol. The molecule has 3 heteroatoms. The standard InChI is InChI=1S/C13H21N3/c1-9-3-5-11(6-4-9)16-13-12(14)7-10(2)8-15-13/h7-9,11H,3-6,14H2,1-2H3,(H,15,16). The van der Waals surface area contributed by atoms with Gasteiger partial charge in [0.2, 0.25) is 0 Å². The lowest BCUT2D eigenvalue weighted by Gasteiger charge is -2.27. The highest BCUT2D eigenvalue weighted by Crippen LogP contribution is 2.27. The average molecular weight is 219 g/mol. The van der Waals surface area contributed by atoms with Gasteiger partial charge >= 0.3 is 0 Å². The number of hydrogen-bond donors (Lipinski definition) is 2. The van der Waals surface area contributed by atoms with Gasteiger partial charge < -0.3 is 11.1 Å². The molecule has 0 bridgehead atoms. The second-order valence-electron chi connectivity index (χ2n) is 5.05. The van der Waals surface area contributed by atoms with Gasteiger partial charge in [0, 0.05) is 12.2 Å². The lowest BCUT2D eigenvalue weighted by molar-refractivity contribution is 0.361. The van der Waals surface area contributed by atoms with Gasteiger partial charge in [0.05, 0.1) is 5.69 Å². The van der Waals surface area contributed by atoms with Crippen molar-refractivity contribution in [1.29, 1.82) is 0 Å². The van der Waals surface area contributed by atoms with Crippen LogP contribution in [0.5, 0.6) is 0 Å². The first kappa shape index (κ1) is 11.2. The molecule has 0 aromatic carbocycles. The minimum atomic E-state index is 0.550. The molecule has 0 spiro atoms. The summed E-state index contributed by atoms with van der Waals surface area (Å²) in [7, 11) is 0. The first-order valence-electron chi connectivity index (χ1n) is 6.14. The number of anilines is 2. The topological polar surface area (TPSA) is 50.9 Å². The molecule has 0 aliphatic heterocycles. The number of pyridine rings is 1. The first-order chi connectivity index (χ1) is 7.65. The van der Waals surface area contributed by atoms with Crippen molar-refractivity contribution in [3.05, 3.63) is 17.8 Å². The Kier molecular flexibility index (Phi) is 3.32. The molecule has 1 fully saturated rings. The van der Waals surface area contributed by atoms with E-state index in [0.717, 1.165) is 23.0 Å². The molecule has 1 heterocycles. The Labute approximate surface area is 97.5 Å². The van der Waals surface area contributed by atoms with Crippen molar-refractivity contribution in [2.24, 2.45) is 5.92 Å². The number of hydrogen-bond acceptors (Lipinski definition) is 3. The second kappa shape index (κ2) is 4.73. The molecule has 2 rings (SSSR count). The van der Waals surface area contributed by atoms with Crippen LogP contribution >= 0.6 is 0 Å².